The molecule has 0 saturated heterocycles. The predicted octanol–water partition coefficient (Wildman–Crippen LogP) is 3.20. The summed E-state index contributed by atoms with van der Waals surface area (Å²) in [5, 5.41) is 14.1. The molecule has 0 amide bonds. The van der Waals surface area contributed by atoms with E-state index in [4.69, 9.17) is 4.42 Å². The van der Waals surface area contributed by atoms with Gasteiger partial charge in [0.15, 0.2) is 5.69 Å². The van der Waals surface area contributed by atoms with Gasteiger partial charge in [-0.05, 0) is 25.3 Å². The van der Waals surface area contributed by atoms with Crippen LogP contribution in [0.1, 0.15) is 38.5 Å². The molecule has 124 valence electrons. The monoisotopic (exact) mass is 324 g/mol. The first-order valence-electron chi connectivity index (χ1n) is 8.59. The summed E-state index contributed by atoms with van der Waals surface area (Å²) in [6, 6.07) is 7.42. The van der Waals surface area contributed by atoms with Gasteiger partial charge in [-0.25, -0.2) is 4.68 Å². The Balaban J connectivity index is 1.72. The van der Waals surface area contributed by atoms with Crippen LogP contribution < -0.4 is 5.56 Å². The summed E-state index contributed by atoms with van der Waals surface area (Å²) in [4.78, 5) is 12.4. The van der Waals surface area contributed by atoms with Crippen LogP contribution in [0.5, 0.6) is 0 Å². The second-order valence-corrected chi connectivity index (χ2v) is 6.35. The lowest BCUT2D eigenvalue weighted by atomic mass is 9.82. The highest BCUT2D eigenvalue weighted by Gasteiger charge is 2.20. The van der Waals surface area contributed by atoms with Crippen LogP contribution in [0, 0.1) is 5.92 Å². The highest BCUT2D eigenvalue weighted by atomic mass is 16.4. The molecule has 24 heavy (non-hydrogen) atoms. The Kier molecular flexibility index (Phi) is 3.88. The Morgan fingerprint density at radius 2 is 2.00 bits per heavy atom. The Hall–Kier alpha value is -2.50. The molecule has 1 aliphatic carbocycles. The number of aromatic nitrogens is 4. The van der Waals surface area contributed by atoms with E-state index >= 15 is 0 Å². The third-order valence-electron chi connectivity index (χ3n) is 4.83. The maximum Gasteiger partial charge on any atom is 0.274 e. The van der Waals surface area contributed by atoms with E-state index in [1.807, 2.05) is 31.2 Å². The minimum absolute atomic E-state index is 0.0958. The minimum atomic E-state index is -0.0958. The Labute approximate surface area is 139 Å². The molecule has 0 bridgehead atoms. The third-order valence-corrected chi connectivity index (χ3v) is 4.83. The van der Waals surface area contributed by atoms with E-state index < -0.39 is 0 Å². The first-order chi connectivity index (χ1) is 11.8. The molecule has 1 aliphatic rings. The van der Waals surface area contributed by atoms with E-state index in [9.17, 15) is 4.79 Å². The molecular formula is C18H20N4O2. The standard InChI is InChI=1S/C18H20N4O2/c1-2-22-18(23)14-9-4-3-8-13(14)16(21-22)17-20-19-15(24-17)11-10-12-6-5-7-12/h3-4,8-9,12H,2,5-7,10-11H2,1H3. The zero-order chi connectivity index (χ0) is 16.5. The lowest BCUT2D eigenvalue weighted by Gasteiger charge is -2.24. The van der Waals surface area contributed by atoms with E-state index in [0.717, 1.165) is 24.1 Å². The smallest absolute Gasteiger partial charge is 0.274 e. The van der Waals surface area contributed by atoms with Gasteiger partial charge in [0, 0.05) is 18.4 Å². The van der Waals surface area contributed by atoms with Crippen LogP contribution in [0.25, 0.3) is 22.4 Å². The summed E-state index contributed by atoms with van der Waals surface area (Å²) in [5.41, 5.74) is 0.482. The zero-order valence-corrected chi connectivity index (χ0v) is 13.7. The third kappa shape index (κ3) is 2.62. The van der Waals surface area contributed by atoms with Crippen LogP contribution in [0.3, 0.4) is 0 Å². The molecule has 2 heterocycles. The SMILES string of the molecule is CCn1nc(-c2nnc(CCC3CCC3)o2)c2ccccc2c1=O. The number of hydrogen-bond acceptors (Lipinski definition) is 5. The molecule has 0 N–H and O–H groups in total. The summed E-state index contributed by atoms with van der Waals surface area (Å²) in [5.74, 6) is 1.84. The molecule has 1 aromatic carbocycles. The molecule has 0 atom stereocenters. The zero-order valence-electron chi connectivity index (χ0n) is 13.7. The van der Waals surface area contributed by atoms with Crippen molar-refractivity contribution in [3.63, 3.8) is 0 Å². The maximum atomic E-state index is 12.4. The van der Waals surface area contributed by atoms with Gasteiger partial charge in [-0.1, -0.05) is 37.5 Å². The molecule has 4 rings (SSSR count). The lowest BCUT2D eigenvalue weighted by molar-refractivity contribution is 0.288. The topological polar surface area (TPSA) is 73.8 Å². The fraction of sp³-hybridized carbons (Fsp3) is 0.444. The molecule has 0 radical (unpaired) electrons. The predicted molar refractivity (Wildman–Crippen MR) is 90.6 cm³/mol. The lowest BCUT2D eigenvalue weighted by Crippen LogP contribution is -2.22. The van der Waals surface area contributed by atoms with Crippen LogP contribution in [0.15, 0.2) is 33.5 Å². The van der Waals surface area contributed by atoms with Gasteiger partial charge in [0.05, 0.1) is 5.39 Å². The van der Waals surface area contributed by atoms with E-state index in [0.29, 0.717) is 29.4 Å². The van der Waals surface area contributed by atoms with Gasteiger partial charge in [-0.2, -0.15) is 5.10 Å². The quantitative estimate of drug-likeness (QED) is 0.720. The van der Waals surface area contributed by atoms with Crippen LogP contribution in [0.2, 0.25) is 0 Å². The van der Waals surface area contributed by atoms with Gasteiger partial charge in [0.2, 0.25) is 5.89 Å². The van der Waals surface area contributed by atoms with Crippen molar-refractivity contribution in [3.8, 4) is 11.6 Å². The van der Waals surface area contributed by atoms with Gasteiger partial charge in [0.25, 0.3) is 11.4 Å². The normalized spacial score (nSPS) is 14.9. The van der Waals surface area contributed by atoms with Crippen LogP contribution >= 0.6 is 0 Å². The number of hydrogen-bond donors (Lipinski definition) is 0. The van der Waals surface area contributed by atoms with Crippen LogP contribution in [-0.4, -0.2) is 20.0 Å². The first kappa shape index (κ1) is 15.1. The van der Waals surface area contributed by atoms with E-state index in [2.05, 4.69) is 15.3 Å². The number of aryl methyl sites for hydroxylation is 2. The molecule has 6 nitrogen and oxygen atoms in total. The number of rotatable bonds is 5. The number of nitrogens with zero attached hydrogens (tertiary/aromatic N) is 4. The molecule has 1 fully saturated rings. The molecular weight excluding hydrogens is 304 g/mol. The Morgan fingerprint density at radius 3 is 2.71 bits per heavy atom. The van der Waals surface area contributed by atoms with Crippen molar-refractivity contribution in [2.75, 3.05) is 0 Å². The van der Waals surface area contributed by atoms with E-state index in [1.165, 1.54) is 23.9 Å². The Morgan fingerprint density at radius 1 is 1.21 bits per heavy atom. The average Bonchev–Trinajstić information content (AvgIpc) is 3.03. The summed E-state index contributed by atoms with van der Waals surface area (Å²) >= 11 is 0. The minimum Gasteiger partial charge on any atom is -0.419 e. The van der Waals surface area contributed by atoms with Crippen molar-refractivity contribution in [3.05, 3.63) is 40.5 Å². The first-order valence-corrected chi connectivity index (χ1v) is 8.59. The molecule has 3 aromatic rings. The highest BCUT2D eigenvalue weighted by molar-refractivity contribution is 5.91. The molecule has 6 heteroatoms. The summed E-state index contributed by atoms with van der Waals surface area (Å²) in [6.45, 7) is 2.39. The number of fused-ring (bicyclic) bond motifs is 1. The summed E-state index contributed by atoms with van der Waals surface area (Å²) < 4.78 is 7.28. The molecule has 2 aromatic heterocycles. The van der Waals surface area contributed by atoms with Gasteiger partial charge < -0.3 is 4.42 Å². The second kappa shape index (κ2) is 6.19. The van der Waals surface area contributed by atoms with Crippen molar-refractivity contribution < 1.29 is 4.42 Å². The van der Waals surface area contributed by atoms with Gasteiger partial charge >= 0.3 is 0 Å². The largest absolute Gasteiger partial charge is 0.419 e. The average molecular weight is 324 g/mol. The molecule has 1 saturated carbocycles. The van der Waals surface area contributed by atoms with E-state index in [1.54, 1.807) is 0 Å². The maximum absolute atomic E-state index is 12.4. The second-order valence-electron chi connectivity index (χ2n) is 6.35. The van der Waals surface area contributed by atoms with Gasteiger partial charge in [-0.3, -0.25) is 4.79 Å². The fourth-order valence-corrected chi connectivity index (χ4v) is 3.17. The van der Waals surface area contributed by atoms with Crippen molar-refractivity contribution in [2.24, 2.45) is 5.92 Å². The van der Waals surface area contributed by atoms with Crippen molar-refractivity contribution in [2.45, 2.75) is 45.6 Å². The number of benzene rings is 1. The van der Waals surface area contributed by atoms with Crippen molar-refractivity contribution in [1.29, 1.82) is 0 Å². The summed E-state index contributed by atoms with van der Waals surface area (Å²) in [6.07, 6.45) is 5.88. The van der Waals surface area contributed by atoms with Gasteiger partial charge in [-0.15, -0.1) is 10.2 Å². The molecule has 0 aliphatic heterocycles. The van der Waals surface area contributed by atoms with E-state index in [-0.39, 0.29) is 5.56 Å². The molecule has 0 unspecified atom stereocenters. The fourth-order valence-electron chi connectivity index (χ4n) is 3.17. The van der Waals surface area contributed by atoms with Crippen molar-refractivity contribution >= 4 is 10.8 Å². The Bertz CT molecular complexity index is 924. The highest BCUT2D eigenvalue weighted by Crippen LogP contribution is 2.31. The van der Waals surface area contributed by atoms with Gasteiger partial charge in [0.1, 0.15) is 0 Å². The van der Waals surface area contributed by atoms with Crippen LogP contribution in [0.4, 0.5) is 0 Å². The summed E-state index contributed by atoms with van der Waals surface area (Å²) in [7, 11) is 0. The van der Waals surface area contributed by atoms with Crippen LogP contribution in [-0.2, 0) is 13.0 Å². The molecule has 0 spiro atoms. The van der Waals surface area contributed by atoms with Crippen molar-refractivity contribution in [1.82, 2.24) is 20.0 Å².